The number of fused-ring (bicyclic) bond motifs is 1. The molecule has 0 saturated heterocycles. The van der Waals surface area contributed by atoms with Crippen LogP contribution >= 0.6 is 0 Å². The Morgan fingerprint density at radius 2 is 1.89 bits per heavy atom. The summed E-state index contributed by atoms with van der Waals surface area (Å²) in [5.74, 6) is 0. The van der Waals surface area contributed by atoms with Crippen molar-refractivity contribution >= 4 is 16.6 Å². The van der Waals surface area contributed by atoms with Crippen molar-refractivity contribution in [2.45, 2.75) is 26.3 Å². The fraction of sp³-hybridized carbons (Fsp3) is 0.438. The predicted octanol–water partition coefficient (Wildman–Crippen LogP) is 3.06. The molecule has 3 heteroatoms. The maximum atomic E-state index is 4.40. The monoisotopic (exact) mass is 257 g/mol. The van der Waals surface area contributed by atoms with Crippen molar-refractivity contribution in [1.82, 2.24) is 10.3 Å². The van der Waals surface area contributed by atoms with Gasteiger partial charge in [-0.25, -0.2) is 0 Å². The first-order valence-corrected chi connectivity index (χ1v) is 6.77. The normalized spacial score (nSPS) is 11.8. The van der Waals surface area contributed by atoms with Gasteiger partial charge in [-0.15, -0.1) is 0 Å². The van der Waals surface area contributed by atoms with Gasteiger partial charge in [-0.1, -0.05) is 18.2 Å². The molecule has 0 aliphatic carbocycles. The van der Waals surface area contributed by atoms with E-state index in [0.717, 1.165) is 18.6 Å². The molecule has 0 unspecified atom stereocenters. The van der Waals surface area contributed by atoms with Crippen molar-refractivity contribution < 1.29 is 0 Å². The minimum absolute atomic E-state index is 0.168. The Balaban J connectivity index is 2.11. The standard InChI is InChI=1S/C16H23N3/c1-16(2,3)18-11-12-19(4)15-9-10-17-14-8-6-5-7-13(14)15/h5-10,18H,11-12H2,1-4H3. The average Bonchev–Trinajstić information content (AvgIpc) is 2.36. The smallest absolute Gasteiger partial charge is 0.0722 e. The molecule has 1 N–H and O–H groups in total. The zero-order valence-corrected chi connectivity index (χ0v) is 12.3. The number of likely N-dealkylation sites (N-methyl/N-ethyl adjacent to an activating group) is 1. The van der Waals surface area contributed by atoms with Crippen LogP contribution in [0.4, 0.5) is 5.69 Å². The molecule has 19 heavy (non-hydrogen) atoms. The third-order valence-electron chi connectivity index (χ3n) is 3.14. The molecule has 0 amide bonds. The van der Waals surface area contributed by atoms with Gasteiger partial charge < -0.3 is 10.2 Å². The van der Waals surface area contributed by atoms with Crippen molar-refractivity contribution in [3.63, 3.8) is 0 Å². The number of anilines is 1. The Labute approximate surface area is 115 Å². The summed E-state index contributed by atoms with van der Waals surface area (Å²) in [6.07, 6.45) is 1.88. The summed E-state index contributed by atoms with van der Waals surface area (Å²) in [7, 11) is 2.13. The van der Waals surface area contributed by atoms with Gasteiger partial charge in [0.2, 0.25) is 0 Å². The zero-order chi connectivity index (χ0) is 13.9. The van der Waals surface area contributed by atoms with Gasteiger partial charge in [-0.05, 0) is 32.9 Å². The number of benzene rings is 1. The topological polar surface area (TPSA) is 28.2 Å². The van der Waals surface area contributed by atoms with Crippen LogP contribution in [0.15, 0.2) is 36.5 Å². The quantitative estimate of drug-likeness (QED) is 0.912. The molecule has 1 aromatic carbocycles. The lowest BCUT2D eigenvalue weighted by Crippen LogP contribution is -2.40. The van der Waals surface area contributed by atoms with Gasteiger partial charge in [0.05, 0.1) is 5.52 Å². The van der Waals surface area contributed by atoms with Crippen LogP contribution < -0.4 is 10.2 Å². The van der Waals surface area contributed by atoms with Gasteiger partial charge in [0.15, 0.2) is 0 Å². The highest BCUT2D eigenvalue weighted by atomic mass is 15.1. The Hall–Kier alpha value is -1.61. The number of nitrogens with one attached hydrogen (secondary N) is 1. The fourth-order valence-corrected chi connectivity index (χ4v) is 2.13. The van der Waals surface area contributed by atoms with E-state index >= 15 is 0 Å². The van der Waals surface area contributed by atoms with E-state index in [1.807, 2.05) is 12.3 Å². The predicted molar refractivity (Wildman–Crippen MR) is 82.8 cm³/mol. The number of para-hydroxylation sites is 1. The molecule has 0 radical (unpaired) electrons. The van der Waals surface area contributed by atoms with Crippen molar-refractivity contribution in [1.29, 1.82) is 0 Å². The molecule has 0 fully saturated rings. The summed E-state index contributed by atoms with van der Waals surface area (Å²) in [5, 5.41) is 4.72. The second-order valence-corrected chi connectivity index (χ2v) is 5.95. The van der Waals surface area contributed by atoms with E-state index in [2.05, 4.69) is 67.3 Å². The Bertz CT molecular complexity index is 538. The highest BCUT2D eigenvalue weighted by Crippen LogP contribution is 2.23. The van der Waals surface area contributed by atoms with Crippen LogP contribution in [0.3, 0.4) is 0 Å². The van der Waals surface area contributed by atoms with E-state index in [0.29, 0.717) is 0 Å². The minimum Gasteiger partial charge on any atom is -0.373 e. The molecule has 3 nitrogen and oxygen atoms in total. The van der Waals surface area contributed by atoms with Crippen LogP contribution in [0, 0.1) is 0 Å². The van der Waals surface area contributed by atoms with Crippen LogP contribution in [-0.4, -0.2) is 30.7 Å². The molecule has 0 spiro atoms. The number of pyridine rings is 1. The molecule has 102 valence electrons. The first kappa shape index (κ1) is 13.8. The number of aromatic nitrogens is 1. The molecule has 2 rings (SSSR count). The van der Waals surface area contributed by atoms with E-state index in [1.165, 1.54) is 11.1 Å². The van der Waals surface area contributed by atoms with Gasteiger partial charge in [0, 0.05) is 42.9 Å². The fourth-order valence-electron chi connectivity index (χ4n) is 2.13. The molecular formula is C16H23N3. The lowest BCUT2D eigenvalue weighted by Gasteiger charge is -2.25. The summed E-state index contributed by atoms with van der Waals surface area (Å²) < 4.78 is 0. The van der Waals surface area contributed by atoms with Gasteiger partial charge in [0.1, 0.15) is 0 Å². The highest BCUT2D eigenvalue weighted by Gasteiger charge is 2.10. The largest absolute Gasteiger partial charge is 0.373 e. The average molecular weight is 257 g/mol. The Morgan fingerprint density at radius 1 is 1.16 bits per heavy atom. The van der Waals surface area contributed by atoms with E-state index < -0.39 is 0 Å². The van der Waals surface area contributed by atoms with Crippen LogP contribution in [-0.2, 0) is 0 Å². The summed E-state index contributed by atoms with van der Waals surface area (Å²) >= 11 is 0. The van der Waals surface area contributed by atoms with Crippen molar-refractivity contribution in [3.05, 3.63) is 36.5 Å². The van der Waals surface area contributed by atoms with E-state index in [4.69, 9.17) is 0 Å². The lowest BCUT2D eigenvalue weighted by molar-refractivity contribution is 0.431. The summed E-state index contributed by atoms with van der Waals surface area (Å²) in [4.78, 5) is 6.68. The Morgan fingerprint density at radius 3 is 2.63 bits per heavy atom. The first-order chi connectivity index (χ1) is 8.97. The Kier molecular flexibility index (Phi) is 4.05. The van der Waals surface area contributed by atoms with Crippen molar-refractivity contribution in [2.75, 3.05) is 25.0 Å². The molecule has 1 aromatic heterocycles. The minimum atomic E-state index is 0.168. The van der Waals surface area contributed by atoms with Gasteiger partial charge in [0.25, 0.3) is 0 Å². The molecule has 2 aromatic rings. The van der Waals surface area contributed by atoms with Crippen LogP contribution in [0.1, 0.15) is 20.8 Å². The van der Waals surface area contributed by atoms with E-state index in [9.17, 15) is 0 Å². The van der Waals surface area contributed by atoms with Crippen molar-refractivity contribution in [2.24, 2.45) is 0 Å². The maximum absolute atomic E-state index is 4.40. The third-order valence-corrected chi connectivity index (χ3v) is 3.14. The third kappa shape index (κ3) is 3.67. The molecule has 0 bridgehead atoms. The molecule has 1 heterocycles. The number of rotatable bonds is 4. The molecular weight excluding hydrogens is 234 g/mol. The van der Waals surface area contributed by atoms with E-state index in [-0.39, 0.29) is 5.54 Å². The second kappa shape index (κ2) is 5.57. The SMILES string of the molecule is CN(CCNC(C)(C)C)c1ccnc2ccccc12. The molecule has 0 aliphatic heterocycles. The highest BCUT2D eigenvalue weighted by molar-refractivity contribution is 5.91. The lowest BCUT2D eigenvalue weighted by atomic mass is 10.1. The molecule has 0 aliphatic rings. The van der Waals surface area contributed by atoms with Crippen molar-refractivity contribution in [3.8, 4) is 0 Å². The second-order valence-electron chi connectivity index (χ2n) is 5.95. The number of hydrogen-bond acceptors (Lipinski definition) is 3. The zero-order valence-electron chi connectivity index (χ0n) is 12.3. The molecule has 0 saturated carbocycles. The van der Waals surface area contributed by atoms with E-state index in [1.54, 1.807) is 0 Å². The number of nitrogens with zero attached hydrogens (tertiary/aromatic N) is 2. The summed E-state index contributed by atoms with van der Waals surface area (Å²) in [6.45, 7) is 8.51. The van der Waals surface area contributed by atoms with Gasteiger partial charge in [-0.3, -0.25) is 4.98 Å². The number of hydrogen-bond donors (Lipinski definition) is 1. The van der Waals surface area contributed by atoms with Gasteiger partial charge >= 0.3 is 0 Å². The summed E-state index contributed by atoms with van der Waals surface area (Å²) in [5.41, 5.74) is 2.46. The van der Waals surface area contributed by atoms with Crippen LogP contribution in [0.25, 0.3) is 10.9 Å². The van der Waals surface area contributed by atoms with Crippen LogP contribution in [0.5, 0.6) is 0 Å². The first-order valence-electron chi connectivity index (χ1n) is 6.77. The summed E-state index contributed by atoms with van der Waals surface area (Å²) in [6, 6.07) is 10.4. The van der Waals surface area contributed by atoms with Crippen LogP contribution in [0.2, 0.25) is 0 Å². The maximum Gasteiger partial charge on any atom is 0.0722 e. The van der Waals surface area contributed by atoms with Gasteiger partial charge in [-0.2, -0.15) is 0 Å². The molecule has 0 atom stereocenters.